The number of benzene rings is 2. The first-order chi connectivity index (χ1) is 10.4. The largest absolute Gasteiger partial charge is 0.496 e. The lowest BCUT2D eigenvalue weighted by Gasteiger charge is -2.13. The van der Waals surface area contributed by atoms with Gasteiger partial charge in [0.2, 0.25) is 5.91 Å². The molecule has 0 fully saturated rings. The smallest absolute Gasteiger partial charge is 0.228 e. The molecule has 0 atom stereocenters. The number of carbonyl (C=O) groups excluding carboxylic acids is 1. The Bertz CT molecular complexity index is 682. The normalized spacial score (nSPS) is 10.4. The van der Waals surface area contributed by atoms with Gasteiger partial charge in [0.15, 0.2) is 0 Å². The highest BCUT2D eigenvalue weighted by molar-refractivity contribution is 5.93. The highest BCUT2D eigenvalue weighted by Gasteiger charge is 2.10. The molecule has 0 saturated heterocycles. The third-order valence-corrected chi connectivity index (χ3v) is 3.77. The molecule has 2 aromatic carbocycles. The fraction of sp³-hybridized carbons (Fsp3) is 0.316. The Morgan fingerprint density at radius 2 is 1.64 bits per heavy atom. The summed E-state index contributed by atoms with van der Waals surface area (Å²) in [4.78, 5) is 12.3. The van der Waals surface area contributed by atoms with Gasteiger partial charge in [0.25, 0.3) is 0 Å². The summed E-state index contributed by atoms with van der Waals surface area (Å²) in [5, 5.41) is 3.03. The predicted molar refractivity (Wildman–Crippen MR) is 90.7 cm³/mol. The van der Waals surface area contributed by atoms with Crippen molar-refractivity contribution < 1.29 is 9.53 Å². The van der Waals surface area contributed by atoms with E-state index in [0.717, 1.165) is 33.7 Å². The summed E-state index contributed by atoms with van der Waals surface area (Å²) in [5.74, 6) is 0.842. The van der Waals surface area contributed by atoms with Gasteiger partial charge in [-0.2, -0.15) is 0 Å². The number of amides is 1. The molecule has 1 amide bonds. The highest BCUT2D eigenvalue weighted by Crippen LogP contribution is 2.23. The number of hydrogen-bond donors (Lipinski definition) is 1. The van der Waals surface area contributed by atoms with Crippen molar-refractivity contribution in [2.45, 2.75) is 34.1 Å². The number of methoxy groups -OCH3 is 1. The minimum atomic E-state index is -0.000352. The topological polar surface area (TPSA) is 38.3 Å². The molecule has 0 radical (unpaired) electrons. The Labute approximate surface area is 132 Å². The van der Waals surface area contributed by atoms with Crippen LogP contribution in [0.2, 0.25) is 0 Å². The Morgan fingerprint density at radius 1 is 1.00 bits per heavy atom. The van der Waals surface area contributed by atoms with Crippen LogP contribution in [0.15, 0.2) is 30.3 Å². The van der Waals surface area contributed by atoms with E-state index in [-0.39, 0.29) is 5.91 Å². The first-order valence-corrected chi connectivity index (χ1v) is 7.42. The summed E-state index contributed by atoms with van der Waals surface area (Å²) < 4.78 is 5.24. The van der Waals surface area contributed by atoms with Crippen molar-refractivity contribution in [3.8, 4) is 5.75 Å². The fourth-order valence-corrected chi connectivity index (χ4v) is 2.80. The third kappa shape index (κ3) is 3.67. The molecule has 0 aliphatic heterocycles. The molecule has 0 aliphatic rings. The summed E-state index contributed by atoms with van der Waals surface area (Å²) in [6.07, 6.45) is 0.359. The lowest BCUT2D eigenvalue weighted by atomic mass is 10.0. The van der Waals surface area contributed by atoms with Gasteiger partial charge in [0.05, 0.1) is 13.5 Å². The summed E-state index contributed by atoms with van der Waals surface area (Å²) in [5.41, 5.74) is 6.34. The van der Waals surface area contributed by atoms with Crippen LogP contribution in [0.25, 0.3) is 0 Å². The Balaban J connectivity index is 2.12. The van der Waals surface area contributed by atoms with Crippen LogP contribution in [0, 0.1) is 27.7 Å². The number of nitrogens with one attached hydrogen (secondary N) is 1. The molecule has 0 spiro atoms. The Kier molecular flexibility index (Phi) is 4.86. The summed E-state index contributed by atoms with van der Waals surface area (Å²) >= 11 is 0. The molecule has 0 saturated carbocycles. The van der Waals surface area contributed by atoms with Crippen LogP contribution in [0.4, 0.5) is 5.69 Å². The van der Waals surface area contributed by atoms with Crippen molar-refractivity contribution in [3.05, 3.63) is 58.1 Å². The zero-order valence-electron chi connectivity index (χ0n) is 13.9. The molecule has 0 heterocycles. The maximum atomic E-state index is 12.3. The summed E-state index contributed by atoms with van der Waals surface area (Å²) in [7, 11) is 1.65. The molecule has 2 rings (SSSR count). The van der Waals surface area contributed by atoms with Gasteiger partial charge in [0, 0.05) is 5.69 Å². The molecule has 22 heavy (non-hydrogen) atoms. The minimum Gasteiger partial charge on any atom is -0.496 e. The van der Waals surface area contributed by atoms with Crippen molar-refractivity contribution in [3.63, 3.8) is 0 Å². The van der Waals surface area contributed by atoms with E-state index in [9.17, 15) is 4.79 Å². The number of rotatable bonds is 4. The van der Waals surface area contributed by atoms with Crippen LogP contribution < -0.4 is 10.1 Å². The quantitative estimate of drug-likeness (QED) is 0.922. The van der Waals surface area contributed by atoms with Crippen molar-refractivity contribution in [2.24, 2.45) is 0 Å². The van der Waals surface area contributed by atoms with Crippen molar-refractivity contribution in [2.75, 3.05) is 12.4 Å². The molecule has 0 bridgehead atoms. The Hall–Kier alpha value is -2.29. The molecule has 116 valence electrons. The van der Waals surface area contributed by atoms with E-state index in [1.807, 2.05) is 39.0 Å². The van der Waals surface area contributed by atoms with Crippen LogP contribution in [0.5, 0.6) is 5.75 Å². The van der Waals surface area contributed by atoms with Gasteiger partial charge in [-0.3, -0.25) is 4.79 Å². The zero-order valence-corrected chi connectivity index (χ0v) is 13.9. The number of ether oxygens (including phenoxy) is 1. The SMILES string of the molecule is COc1ccc(CC(=O)Nc2c(C)cc(C)cc2C)cc1C. The lowest BCUT2D eigenvalue weighted by Crippen LogP contribution is -2.16. The standard InChI is InChI=1S/C19H23NO2/c1-12-8-14(3)19(15(4)9-12)20-18(21)11-16-6-7-17(22-5)13(2)10-16/h6-10H,11H2,1-5H3,(H,20,21). The molecule has 2 aromatic rings. The zero-order chi connectivity index (χ0) is 16.3. The first-order valence-electron chi connectivity index (χ1n) is 7.42. The third-order valence-electron chi connectivity index (χ3n) is 3.77. The van der Waals surface area contributed by atoms with E-state index in [1.54, 1.807) is 7.11 Å². The molecule has 0 aliphatic carbocycles. The second-order valence-electron chi connectivity index (χ2n) is 5.80. The van der Waals surface area contributed by atoms with E-state index < -0.39 is 0 Å². The van der Waals surface area contributed by atoms with E-state index in [2.05, 4.69) is 24.4 Å². The predicted octanol–water partition coefficient (Wildman–Crippen LogP) is 4.11. The summed E-state index contributed by atoms with van der Waals surface area (Å²) in [6.45, 7) is 8.08. The van der Waals surface area contributed by atoms with Gasteiger partial charge in [-0.05, 0) is 56.0 Å². The van der Waals surface area contributed by atoms with Gasteiger partial charge in [0.1, 0.15) is 5.75 Å². The first kappa shape index (κ1) is 16.1. The second-order valence-corrected chi connectivity index (χ2v) is 5.80. The average Bonchev–Trinajstić information content (AvgIpc) is 2.43. The lowest BCUT2D eigenvalue weighted by molar-refractivity contribution is -0.115. The van der Waals surface area contributed by atoms with Crippen LogP contribution in [-0.4, -0.2) is 13.0 Å². The molecule has 0 unspecified atom stereocenters. The van der Waals surface area contributed by atoms with E-state index in [1.165, 1.54) is 5.56 Å². The molecule has 0 aromatic heterocycles. The van der Waals surface area contributed by atoms with Gasteiger partial charge < -0.3 is 10.1 Å². The van der Waals surface area contributed by atoms with E-state index in [0.29, 0.717) is 6.42 Å². The van der Waals surface area contributed by atoms with Gasteiger partial charge in [-0.15, -0.1) is 0 Å². The molecule has 1 N–H and O–H groups in total. The minimum absolute atomic E-state index is 0.000352. The number of aryl methyl sites for hydroxylation is 4. The molecular formula is C19H23NO2. The van der Waals surface area contributed by atoms with Crippen LogP contribution >= 0.6 is 0 Å². The van der Waals surface area contributed by atoms with Crippen LogP contribution in [-0.2, 0) is 11.2 Å². The van der Waals surface area contributed by atoms with Gasteiger partial charge in [-0.1, -0.05) is 29.8 Å². The van der Waals surface area contributed by atoms with Crippen LogP contribution in [0.3, 0.4) is 0 Å². The van der Waals surface area contributed by atoms with Gasteiger partial charge in [-0.25, -0.2) is 0 Å². The number of carbonyl (C=O) groups is 1. The van der Waals surface area contributed by atoms with Crippen molar-refractivity contribution in [1.82, 2.24) is 0 Å². The summed E-state index contributed by atoms with van der Waals surface area (Å²) in [6, 6.07) is 9.99. The van der Waals surface area contributed by atoms with Crippen LogP contribution in [0.1, 0.15) is 27.8 Å². The van der Waals surface area contributed by atoms with Crippen molar-refractivity contribution >= 4 is 11.6 Å². The Morgan fingerprint density at radius 3 is 2.18 bits per heavy atom. The van der Waals surface area contributed by atoms with Crippen molar-refractivity contribution in [1.29, 1.82) is 0 Å². The molecular weight excluding hydrogens is 274 g/mol. The number of hydrogen-bond acceptors (Lipinski definition) is 2. The fourth-order valence-electron chi connectivity index (χ4n) is 2.80. The highest BCUT2D eigenvalue weighted by atomic mass is 16.5. The maximum absolute atomic E-state index is 12.3. The van der Waals surface area contributed by atoms with E-state index in [4.69, 9.17) is 4.74 Å². The van der Waals surface area contributed by atoms with E-state index >= 15 is 0 Å². The van der Waals surface area contributed by atoms with Gasteiger partial charge >= 0.3 is 0 Å². The molecule has 3 nitrogen and oxygen atoms in total. The second kappa shape index (κ2) is 6.65. The average molecular weight is 297 g/mol. The maximum Gasteiger partial charge on any atom is 0.228 e. The monoisotopic (exact) mass is 297 g/mol. The number of anilines is 1. The molecule has 3 heteroatoms.